The van der Waals surface area contributed by atoms with Crippen LogP contribution in [0.25, 0.3) is 10.9 Å². The van der Waals surface area contributed by atoms with E-state index >= 15 is 0 Å². The van der Waals surface area contributed by atoms with Crippen LogP contribution in [0.5, 0.6) is 5.75 Å². The molecule has 0 aliphatic heterocycles. The molecule has 3 aromatic rings. The van der Waals surface area contributed by atoms with Gasteiger partial charge in [0.15, 0.2) is 6.61 Å². The molecule has 24 heavy (non-hydrogen) atoms. The summed E-state index contributed by atoms with van der Waals surface area (Å²) in [6.07, 6.45) is 2.75. The van der Waals surface area contributed by atoms with Crippen molar-refractivity contribution in [3.63, 3.8) is 0 Å². The van der Waals surface area contributed by atoms with E-state index < -0.39 is 0 Å². The second-order valence-electron chi connectivity index (χ2n) is 5.67. The number of amides is 1. The van der Waals surface area contributed by atoms with Crippen LogP contribution in [0.2, 0.25) is 0 Å². The summed E-state index contributed by atoms with van der Waals surface area (Å²) in [6, 6.07) is 13.7. The number of benzene rings is 2. The lowest BCUT2D eigenvalue weighted by Crippen LogP contribution is -2.33. The molecule has 0 fully saturated rings. The van der Waals surface area contributed by atoms with Crippen molar-refractivity contribution in [2.45, 2.75) is 6.42 Å². The number of hydrogen-bond acceptors (Lipinski definition) is 2. The van der Waals surface area contributed by atoms with Gasteiger partial charge in [-0.3, -0.25) is 4.79 Å². The van der Waals surface area contributed by atoms with Crippen LogP contribution in [0.1, 0.15) is 5.56 Å². The number of nitrogens with zero attached hydrogens (tertiary/aromatic N) is 1. The molecule has 0 bridgehead atoms. The fourth-order valence-corrected chi connectivity index (χ4v) is 2.54. The molecular weight excluding hydrogens is 307 g/mol. The van der Waals surface area contributed by atoms with Gasteiger partial charge >= 0.3 is 0 Å². The third kappa shape index (κ3) is 3.74. The largest absolute Gasteiger partial charge is 0.484 e. The summed E-state index contributed by atoms with van der Waals surface area (Å²) in [6.45, 7) is 0.545. The zero-order chi connectivity index (χ0) is 16.9. The Bertz CT molecular complexity index is 827. The zero-order valence-electron chi connectivity index (χ0n) is 13.5. The standard InChI is InChI=1S/C19H19FN2O2/c1-22(19(23)13-24-16-8-6-15(20)7-9-16)11-10-14-12-21-18-5-3-2-4-17(14)18/h2-9,12,21H,10-11,13H2,1H3. The van der Waals surface area contributed by atoms with Gasteiger partial charge in [-0.2, -0.15) is 0 Å². The number of H-pyrrole nitrogens is 1. The van der Waals surface area contributed by atoms with E-state index in [1.807, 2.05) is 24.4 Å². The molecule has 0 saturated heterocycles. The second kappa shape index (κ2) is 7.17. The minimum Gasteiger partial charge on any atom is -0.484 e. The molecule has 1 N–H and O–H groups in total. The highest BCUT2D eigenvalue weighted by Crippen LogP contribution is 2.18. The molecule has 1 heterocycles. The first kappa shape index (κ1) is 16.1. The Morgan fingerprint density at radius 1 is 1.17 bits per heavy atom. The lowest BCUT2D eigenvalue weighted by atomic mass is 10.1. The maximum Gasteiger partial charge on any atom is 0.260 e. The number of rotatable bonds is 6. The highest BCUT2D eigenvalue weighted by atomic mass is 19.1. The fraction of sp³-hybridized carbons (Fsp3) is 0.211. The van der Waals surface area contributed by atoms with Crippen molar-refractivity contribution >= 4 is 16.8 Å². The molecule has 3 rings (SSSR count). The molecule has 1 amide bonds. The van der Waals surface area contributed by atoms with E-state index in [2.05, 4.69) is 11.1 Å². The Hall–Kier alpha value is -2.82. The van der Waals surface area contributed by atoms with Crippen LogP contribution in [0.4, 0.5) is 4.39 Å². The first-order valence-electron chi connectivity index (χ1n) is 7.81. The Morgan fingerprint density at radius 2 is 1.92 bits per heavy atom. The van der Waals surface area contributed by atoms with Crippen LogP contribution in [0.15, 0.2) is 54.7 Å². The van der Waals surface area contributed by atoms with Crippen LogP contribution < -0.4 is 4.74 Å². The van der Waals surface area contributed by atoms with E-state index in [1.165, 1.54) is 35.2 Å². The van der Waals surface area contributed by atoms with Crippen molar-refractivity contribution < 1.29 is 13.9 Å². The fourth-order valence-electron chi connectivity index (χ4n) is 2.54. The Kier molecular flexibility index (Phi) is 4.79. The van der Waals surface area contributed by atoms with E-state index in [4.69, 9.17) is 4.74 Å². The van der Waals surface area contributed by atoms with Crippen molar-refractivity contribution in [3.05, 3.63) is 66.1 Å². The minimum atomic E-state index is -0.329. The number of aromatic amines is 1. The first-order valence-corrected chi connectivity index (χ1v) is 7.81. The number of carbonyl (C=O) groups is 1. The summed E-state index contributed by atoms with van der Waals surface area (Å²) >= 11 is 0. The SMILES string of the molecule is CN(CCc1c[nH]c2ccccc12)C(=O)COc1ccc(F)cc1. The normalized spacial score (nSPS) is 10.8. The molecule has 0 atom stereocenters. The number of carbonyl (C=O) groups excluding carboxylic acids is 1. The van der Waals surface area contributed by atoms with E-state index in [0.29, 0.717) is 12.3 Å². The number of halogens is 1. The average molecular weight is 326 g/mol. The Morgan fingerprint density at radius 3 is 2.71 bits per heavy atom. The Balaban J connectivity index is 1.51. The third-order valence-corrected chi connectivity index (χ3v) is 3.99. The maximum absolute atomic E-state index is 12.8. The summed E-state index contributed by atoms with van der Waals surface area (Å²) < 4.78 is 18.2. The number of fused-ring (bicyclic) bond motifs is 1. The van der Waals surface area contributed by atoms with E-state index in [0.717, 1.165) is 11.9 Å². The highest BCUT2D eigenvalue weighted by Gasteiger charge is 2.11. The molecule has 1 aromatic heterocycles. The third-order valence-electron chi connectivity index (χ3n) is 3.99. The number of aromatic nitrogens is 1. The molecule has 0 unspecified atom stereocenters. The van der Waals surface area contributed by atoms with E-state index in [9.17, 15) is 9.18 Å². The smallest absolute Gasteiger partial charge is 0.260 e. The van der Waals surface area contributed by atoms with Gasteiger partial charge in [-0.1, -0.05) is 18.2 Å². The van der Waals surface area contributed by atoms with Gasteiger partial charge < -0.3 is 14.6 Å². The highest BCUT2D eigenvalue weighted by molar-refractivity contribution is 5.83. The predicted octanol–water partition coefficient (Wildman–Crippen LogP) is 3.39. The molecule has 0 spiro atoms. The van der Waals surface area contributed by atoms with E-state index in [-0.39, 0.29) is 18.3 Å². The van der Waals surface area contributed by atoms with Crippen molar-refractivity contribution in [1.29, 1.82) is 0 Å². The quantitative estimate of drug-likeness (QED) is 0.755. The number of likely N-dealkylation sites (N-methyl/N-ethyl adjacent to an activating group) is 1. The average Bonchev–Trinajstić information content (AvgIpc) is 3.02. The van der Waals surface area contributed by atoms with Crippen molar-refractivity contribution in [1.82, 2.24) is 9.88 Å². The molecule has 124 valence electrons. The molecule has 0 aliphatic carbocycles. The molecular formula is C19H19FN2O2. The van der Waals surface area contributed by atoms with Crippen molar-refractivity contribution in [2.24, 2.45) is 0 Å². The lowest BCUT2D eigenvalue weighted by molar-refractivity contribution is -0.132. The topological polar surface area (TPSA) is 45.3 Å². The van der Waals surface area contributed by atoms with Crippen LogP contribution >= 0.6 is 0 Å². The van der Waals surface area contributed by atoms with Crippen LogP contribution in [0.3, 0.4) is 0 Å². The van der Waals surface area contributed by atoms with Crippen LogP contribution in [-0.4, -0.2) is 36.0 Å². The van der Waals surface area contributed by atoms with Gasteiger partial charge in [0.2, 0.25) is 0 Å². The molecule has 4 nitrogen and oxygen atoms in total. The first-order chi connectivity index (χ1) is 11.6. The van der Waals surface area contributed by atoms with Gasteiger partial charge in [-0.15, -0.1) is 0 Å². The minimum absolute atomic E-state index is 0.0595. The number of para-hydroxylation sites is 1. The number of ether oxygens (including phenoxy) is 1. The summed E-state index contributed by atoms with van der Waals surface area (Å²) in [4.78, 5) is 17.0. The molecule has 0 saturated carbocycles. The molecule has 0 radical (unpaired) electrons. The second-order valence-corrected chi connectivity index (χ2v) is 5.67. The molecule has 0 aliphatic rings. The van der Waals surface area contributed by atoms with Gasteiger partial charge in [-0.25, -0.2) is 4.39 Å². The Labute approximate surface area is 139 Å². The van der Waals surface area contributed by atoms with Crippen molar-refractivity contribution in [2.75, 3.05) is 20.2 Å². The summed E-state index contributed by atoms with van der Waals surface area (Å²) in [5, 5.41) is 1.18. The van der Waals surface area contributed by atoms with Crippen LogP contribution in [0, 0.1) is 5.82 Å². The van der Waals surface area contributed by atoms with Gasteiger partial charge in [-0.05, 0) is 42.3 Å². The van der Waals surface area contributed by atoms with Gasteiger partial charge in [0.1, 0.15) is 11.6 Å². The molecule has 2 aromatic carbocycles. The summed E-state index contributed by atoms with van der Waals surface area (Å²) in [5.41, 5.74) is 2.28. The number of hydrogen-bond donors (Lipinski definition) is 1. The van der Waals surface area contributed by atoms with Crippen molar-refractivity contribution in [3.8, 4) is 5.75 Å². The lowest BCUT2D eigenvalue weighted by Gasteiger charge is -2.17. The summed E-state index contributed by atoms with van der Waals surface area (Å²) in [5.74, 6) is 0.0402. The molecule has 5 heteroatoms. The van der Waals surface area contributed by atoms with Gasteiger partial charge in [0.05, 0.1) is 0 Å². The zero-order valence-corrected chi connectivity index (χ0v) is 13.5. The van der Waals surface area contributed by atoms with Crippen LogP contribution in [-0.2, 0) is 11.2 Å². The number of nitrogens with one attached hydrogen (secondary N) is 1. The predicted molar refractivity (Wildman–Crippen MR) is 91.5 cm³/mol. The van der Waals surface area contributed by atoms with Gasteiger partial charge in [0, 0.05) is 30.7 Å². The summed E-state index contributed by atoms with van der Waals surface area (Å²) in [7, 11) is 1.76. The van der Waals surface area contributed by atoms with Gasteiger partial charge in [0.25, 0.3) is 5.91 Å². The monoisotopic (exact) mass is 326 g/mol. The van der Waals surface area contributed by atoms with E-state index in [1.54, 1.807) is 11.9 Å². The maximum atomic E-state index is 12.8.